The summed E-state index contributed by atoms with van der Waals surface area (Å²) in [5.74, 6) is 1.35. The number of pyridine rings is 1. The average Bonchev–Trinajstić information content (AvgIpc) is 3.48. The minimum atomic E-state index is -0.511. The van der Waals surface area contributed by atoms with E-state index in [1.807, 2.05) is 25.4 Å². The van der Waals surface area contributed by atoms with Gasteiger partial charge in [0.25, 0.3) is 0 Å². The molecule has 1 saturated heterocycles. The number of halogens is 1. The van der Waals surface area contributed by atoms with E-state index < -0.39 is 5.82 Å². The molecule has 4 heterocycles. The molecule has 11 nitrogen and oxygen atoms in total. The molecule has 44 heavy (non-hydrogen) atoms. The van der Waals surface area contributed by atoms with Crippen LogP contribution in [0, 0.1) is 5.82 Å². The van der Waals surface area contributed by atoms with Gasteiger partial charge in [-0.1, -0.05) is 6.58 Å². The molecule has 0 atom stereocenters. The maximum absolute atomic E-state index is 15.3. The van der Waals surface area contributed by atoms with Gasteiger partial charge in [0.1, 0.15) is 35.2 Å². The van der Waals surface area contributed by atoms with Gasteiger partial charge in [-0.25, -0.2) is 14.4 Å². The fraction of sp³-hybridized carbons (Fsp3) is 0.219. The number of aryl methyl sites for hydroxylation is 1. The summed E-state index contributed by atoms with van der Waals surface area (Å²) >= 11 is 0. The zero-order chi connectivity index (χ0) is 30.6. The van der Waals surface area contributed by atoms with Gasteiger partial charge < -0.3 is 25.0 Å². The molecule has 0 bridgehead atoms. The lowest BCUT2D eigenvalue weighted by molar-refractivity contribution is -0.126. The molecular weight excluding hydrogens is 563 g/mol. The quantitative estimate of drug-likeness (QED) is 0.207. The summed E-state index contributed by atoms with van der Waals surface area (Å²) in [6.07, 6.45) is 9.53. The van der Waals surface area contributed by atoms with E-state index in [-0.39, 0.29) is 17.6 Å². The number of nitrogens with one attached hydrogen (secondary N) is 2. The number of rotatable bonds is 9. The van der Waals surface area contributed by atoms with Crippen molar-refractivity contribution in [2.24, 2.45) is 7.05 Å². The summed E-state index contributed by atoms with van der Waals surface area (Å²) in [6, 6.07) is 11.9. The molecule has 1 aliphatic rings. The molecule has 6 rings (SSSR count). The lowest BCUT2D eigenvalue weighted by atomic mass is 10.0. The maximum atomic E-state index is 15.3. The van der Waals surface area contributed by atoms with Crippen LogP contribution in [-0.4, -0.2) is 61.8 Å². The van der Waals surface area contributed by atoms with Crippen LogP contribution in [-0.2, 0) is 11.8 Å². The molecule has 1 aliphatic heterocycles. The molecule has 0 spiro atoms. The zero-order valence-electron chi connectivity index (χ0n) is 24.3. The van der Waals surface area contributed by atoms with Crippen molar-refractivity contribution in [3.8, 4) is 28.5 Å². The molecule has 0 unspecified atom stereocenters. The Hall–Kier alpha value is -5.52. The highest BCUT2D eigenvalue weighted by Crippen LogP contribution is 2.35. The number of likely N-dealkylation sites (tertiary alicyclic amines) is 1. The second-order valence-corrected chi connectivity index (χ2v) is 10.4. The van der Waals surface area contributed by atoms with E-state index in [1.165, 1.54) is 18.5 Å². The molecule has 0 saturated carbocycles. The van der Waals surface area contributed by atoms with E-state index in [9.17, 15) is 4.79 Å². The van der Waals surface area contributed by atoms with Crippen molar-refractivity contribution >= 4 is 34.0 Å². The van der Waals surface area contributed by atoms with Crippen molar-refractivity contribution in [2.75, 3.05) is 30.8 Å². The van der Waals surface area contributed by atoms with E-state index in [4.69, 9.17) is 9.47 Å². The van der Waals surface area contributed by atoms with Crippen LogP contribution >= 0.6 is 0 Å². The van der Waals surface area contributed by atoms with E-state index in [1.54, 1.807) is 53.4 Å². The smallest absolute Gasteiger partial charge is 0.245 e. The Morgan fingerprint density at radius 1 is 1.07 bits per heavy atom. The van der Waals surface area contributed by atoms with E-state index >= 15 is 4.39 Å². The Balaban J connectivity index is 1.20. The molecule has 2 N–H and O–H groups in total. The third-order valence-electron chi connectivity index (χ3n) is 7.46. The number of piperidine rings is 1. The van der Waals surface area contributed by atoms with E-state index in [0.717, 1.165) is 24.1 Å². The number of hydrogen-bond donors (Lipinski definition) is 2. The summed E-state index contributed by atoms with van der Waals surface area (Å²) in [4.78, 5) is 26.9. The minimum absolute atomic E-state index is 0.0567. The molecule has 12 heteroatoms. The van der Waals surface area contributed by atoms with Gasteiger partial charge >= 0.3 is 0 Å². The van der Waals surface area contributed by atoms with Crippen molar-refractivity contribution in [1.82, 2.24) is 29.6 Å². The van der Waals surface area contributed by atoms with E-state index in [2.05, 4.69) is 37.3 Å². The number of aromatic nitrogens is 5. The average molecular weight is 595 g/mol. The maximum Gasteiger partial charge on any atom is 0.245 e. The first-order valence-electron chi connectivity index (χ1n) is 14.1. The van der Waals surface area contributed by atoms with Crippen LogP contribution in [0.5, 0.6) is 17.2 Å². The Bertz CT molecular complexity index is 1830. The number of nitrogens with zero attached hydrogens (tertiary/aromatic N) is 6. The van der Waals surface area contributed by atoms with Crippen molar-refractivity contribution in [3.63, 3.8) is 0 Å². The molecule has 1 fully saturated rings. The summed E-state index contributed by atoms with van der Waals surface area (Å²) in [6.45, 7) is 4.85. The molecular formula is C32H31FN8O3. The third-order valence-corrected chi connectivity index (χ3v) is 7.46. The number of amides is 1. The predicted molar refractivity (Wildman–Crippen MR) is 166 cm³/mol. The monoisotopic (exact) mass is 594 g/mol. The Morgan fingerprint density at radius 3 is 2.61 bits per heavy atom. The number of carbonyl (C=O) groups excluding carboxylic acids is 1. The summed E-state index contributed by atoms with van der Waals surface area (Å²) < 4.78 is 28.6. The number of carbonyl (C=O) groups is 1. The van der Waals surface area contributed by atoms with Gasteiger partial charge in [-0.15, -0.1) is 0 Å². The van der Waals surface area contributed by atoms with Crippen LogP contribution in [0.4, 0.5) is 21.6 Å². The Kier molecular flexibility index (Phi) is 8.04. The van der Waals surface area contributed by atoms with Crippen LogP contribution in [0.2, 0.25) is 0 Å². The topological polar surface area (TPSA) is 119 Å². The molecule has 224 valence electrons. The van der Waals surface area contributed by atoms with Crippen LogP contribution in [0.15, 0.2) is 80.0 Å². The highest BCUT2D eigenvalue weighted by molar-refractivity contribution is 5.95. The fourth-order valence-electron chi connectivity index (χ4n) is 5.17. The first-order valence-corrected chi connectivity index (χ1v) is 14.1. The van der Waals surface area contributed by atoms with Gasteiger partial charge in [0.15, 0.2) is 0 Å². The number of hydrogen-bond acceptors (Lipinski definition) is 9. The Labute approximate surface area is 253 Å². The zero-order valence-corrected chi connectivity index (χ0v) is 24.3. The summed E-state index contributed by atoms with van der Waals surface area (Å²) in [7, 11) is 3.43. The van der Waals surface area contributed by atoms with Gasteiger partial charge in [0, 0.05) is 67.7 Å². The largest absolute Gasteiger partial charge is 0.495 e. The number of ether oxygens (including phenoxy) is 2. The second-order valence-electron chi connectivity index (χ2n) is 10.4. The molecule has 5 aromatic rings. The number of benzene rings is 2. The Morgan fingerprint density at radius 2 is 1.89 bits per heavy atom. The van der Waals surface area contributed by atoms with Crippen molar-refractivity contribution in [3.05, 3.63) is 85.9 Å². The molecule has 3 aromatic heterocycles. The first-order chi connectivity index (χ1) is 21.4. The molecule has 1 amide bonds. The SMILES string of the molecule is C=CC(=O)N1CCC(Nc2cc3c(Nc4ccc(Oc5ccnc(-c6cnn(C)c6)c5)cc4F)ncnc3cc2OC)CC1. The standard InChI is InChI=1S/C32H31FN8O3/c1-4-31(42)41-11-8-21(9-12-41)38-29-15-24-28(16-30(29)43-3)35-19-36-32(24)39-26-6-5-22(13-25(26)33)44-23-7-10-34-27(14-23)20-17-37-40(2)18-20/h4-7,10,13-19,21,38H,1,8-9,11-12H2,2-3H3,(H,35,36,39). The van der Waals surface area contributed by atoms with Gasteiger partial charge in [-0.2, -0.15) is 5.10 Å². The van der Waals surface area contributed by atoms with Crippen molar-refractivity contribution < 1.29 is 18.7 Å². The van der Waals surface area contributed by atoms with Crippen LogP contribution in [0.1, 0.15) is 12.8 Å². The summed E-state index contributed by atoms with van der Waals surface area (Å²) in [5.41, 5.74) is 3.18. The lowest BCUT2D eigenvalue weighted by Crippen LogP contribution is -2.41. The fourth-order valence-corrected chi connectivity index (χ4v) is 5.17. The second kappa shape index (κ2) is 12.4. The number of fused-ring (bicyclic) bond motifs is 1. The highest BCUT2D eigenvalue weighted by Gasteiger charge is 2.23. The van der Waals surface area contributed by atoms with Gasteiger partial charge in [0.2, 0.25) is 5.91 Å². The first kappa shape index (κ1) is 28.6. The van der Waals surface area contributed by atoms with Crippen LogP contribution in [0.25, 0.3) is 22.2 Å². The molecule has 2 aromatic carbocycles. The third kappa shape index (κ3) is 6.14. The van der Waals surface area contributed by atoms with Crippen molar-refractivity contribution in [1.29, 1.82) is 0 Å². The minimum Gasteiger partial charge on any atom is -0.495 e. The van der Waals surface area contributed by atoms with Gasteiger partial charge in [0.05, 0.1) is 35.9 Å². The number of anilines is 3. The number of methoxy groups -OCH3 is 1. The van der Waals surface area contributed by atoms with Crippen LogP contribution < -0.4 is 20.1 Å². The highest BCUT2D eigenvalue weighted by atomic mass is 19.1. The lowest BCUT2D eigenvalue weighted by Gasteiger charge is -2.32. The molecule has 0 aliphatic carbocycles. The normalized spacial score (nSPS) is 13.5. The van der Waals surface area contributed by atoms with E-state index in [0.29, 0.717) is 52.8 Å². The van der Waals surface area contributed by atoms with Gasteiger partial charge in [-0.05, 0) is 43.2 Å². The van der Waals surface area contributed by atoms with Crippen molar-refractivity contribution in [2.45, 2.75) is 18.9 Å². The predicted octanol–water partition coefficient (Wildman–Crippen LogP) is 5.70. The van der Waals surface area contributed by atoms with Gasteiger partial charge in [-0.3, -0.25) is 14.5 Å². The van der Waals surface area contributed by atoms with Crippen LogP contribution in [0.3, 0.4) is 0 Å². The molecule has 0 radical (unpaired) electrons. The summed E-state index contributed by atoms with van der Waals surface area (Å²) in [5, 5.41) is 11.5.